The smallest absolute Gasteiger partial charge is 0.145 e. The fraction of sp³-hybridized carbons (Fsp3) is 0.167. The van der Waals surface area contributed by atoms with Gasteiger partial charge in [0.2, 0.25) is 0 Å². The van der Waals surface area contributed by atoms with Gasteiger partial charge in [-0.05, 0) is 31.2 Å². The van der Waals surface area contributed by atoms with Gasteiger partial charge < -0.3 is 5.11 Å². The molecule has 2 aromatic heterocycles. The van der Waals surface area contributed by atoms with Gasteiger partial charge in [-0.3, -0.25) is 9.97 Å². The standard InChI is InChI=1S/C12H12N2O/c1-12(15,10-6-2-4-8-13-10)11-7-3-5-9-14-11/h2-9,15H,1H3. The van der Waals surface area contributed by atoms with E-state index in [1.165, 1.54) is 0 Å². The molecule has 3 nitrogen and oxygen atoms in total. The molecule has 0 bridgehead atoms. The van der Waals surface area contributed by atoms with E-state index in [0.29, 0.717) is 11.4 Å². The maximum Gasteiger partial charge on any atom is 0.145 e. The Morgan fingerprint density at radius 3 is 1.73 bits per heavy atom. The first-order valence-electron chi connectivity index (χ1n) is 4.76. The van der Waals surface area contributed by atoms with E-state index in [0.717, 1.165) is 0 Å². The summed E-state index contributed by atoms with van der Waals surface area (Å²) < 4.78 is 0. The Kier molecular flexibility index (Phi) is 2.47. The number of hydrogen-bond donors (Lipinski definition) is 1. The summed E-state index contributed by atoms with van der Waals surface area (Å²) in [7, 11) is 0. The Morgan fingerprint density at radius 2 is 1.40 bits per heavy atom. The zero-order chi connectivity index (χ0) is 10.7. The van der Waals surface area contributed by atoms with Crippen LogP contribution in [0.4, 0.5) is 0 Å². The second-order valence-corrected chi connectivity index (χ2v) is 3.50. The molecule has 1 N–H and O–H groups in total. The van der Waals surface area contributed by atoms with Crippen LogP contribution in [-0.4, -0.2) is 15.1 Å². The van der Waals surface area contributed by atoms with Crippen molar-refractivity contribution in [3.63, 3.8) is 0 Å². The van der Waals surface area contributed by atoms with Gasteiger partial charge in [-0.15, -0.1) is 0 Å². The summed E-state index contributed by atoms with van der Waals surface area (Å²) in [6.45, 7) is 1.69. The number of pyridine rings is 2. The highest BCUT2D eigenvalue weighted by Gasteiger charge is 2.27. The summed E-state index contributed by atoms with van der Waals surface area (Å²) in [5, 5.41) is 10.3. The van der Waals surface area contributed by atoms with Crippen LogP contribution in [0.5, 0.6) is 0 Å². The van der Waals surface area contributed by atoms with Crippen molar-refractivity contribution in [3.8, 4) is 0 Å². The predicted octanol–water partition coefficient (Wildman–Crippen LogP) is 1.73. The van der Waals surface area contributed by atoms with Gasteiger partial charge in [0.15, 0.2) is 0 Å². The van der Waals surface area contributed by atoms with Crippen LogP contribution < -0.4 is 0 Å². The molecule has 0 atom stereocenters. The van der Waals surface area contributed by atoms with E-state index in [1.807, 2.05) is 24.3 Å². The first-order chi connectivity index (χ1) is 7.21. The third-order valence-corrected chi connectivity index (χ3v) is 2.33. The molecule has 0 unspecified atom stereocenters. The summed E-state index contributed by atoms with van der Waals surface area (Å²) in [6, 6.07) is 10.9. The molecule has 0 fully saturated rings. The van der Waals surface area contributed by atoms with Crippen molar-refractivity contribution >= 4 is 0 Å². The summed E-state index contributed by atoms with van der Waals surface area (Å²) >= 11 is 0. The molecule has 2 heterocycles. The number of hydrogen-bond acceptors (Lipinski definition) is 3. The molecule has 15 heavy (non-hydrogen) atoms. The third kappa shape index (κ3) is 1.87. The molecule has 3 heteroatoms. The van der Waals surface area contributed by atoms with E-state index in [1.54, 1.807) is 31.5 Å². The SMILES string of the molecule is CC(O)(c1ccccn1)c1ccccn1. The zero-order valence-corrected chi connectivity index (χ0v) is 8.46. The van der Waals surface area contributed by atoms with Crippen LogP contribution in [0.2, 0.25) is 0 Å². The van der Waals surface area contributed by atoms with Crippen molar-refractivity contribution in [2.45, 2.75) is 12.5 Å². The average Bonchev–Trinajstić information content (AvgIpc) is 2.31. The van der Waals surface area contributed by atoms with Gasteiger partial charge in [-0.25, -0.2) is 0 Å². The fourth-order valence-electron chi connectivity index (χ4n) is 1.43. The third-order valence-electron chi connectivity index (χ3n) is 2.33. The minimum Gasteiger partial charge on any atom is -0.377 e. The van der Waals surface area contributed by atoms with Gasteiger partial charge in [-0.1, -0.05) is 12.1 Å². The maximum atomic E-state index is 10.3. The van der Waals surface area contributed by atoms with Crippen molar-refractivity contribution in [2.75, 3.05) is 0 Å². The van der Waals surface area contributed by atoms with Crippen molar-refractivity contribution < 1.29 is 5.11 Å². The van der Waals surface area contributed by atoms with Crippen molar-refractivity contribution in [2.24, 2.45) is 0 Å². The molecule has 0 aliphatic heterocycles. The normalized spacial score (nSPS) is 11.3. The highest BCUT2D eigenvalue weighted by molar-refractivity contribution is 5.25. The molecule has 0 saturated heterocycles. The maximum absolute atomic E-state index is 10.3. The highest BCUT2D eigenvalue weighted by atomic mass is 16.3. The van der Waals surface area contributed by atoms with E-state index < -0.39 is 5.60 Å². The monoisotopic (exact) mass is 200 g/mol. The summed E-state index contributed by atoms with van der Waals surface area (Å²) in [4.78, 5) is 8.27. The van der Waals surface area contributed by atoms with Crippen LogP contribution in [0.25, 0.3) is 0 Å². The van der Waals surface area contributed by atoms with Gasteiger partial charge >= 0.3 is 0 Å². The summed E-state index contributed by atoms with van der Waals surface area (Å²) in [5.41, 5.74) is 0.0649. The molecule has 0 saturated carbocycles. The molecule has 0 aromatic carbocycles. The topological polar surface area (TPSA) is 46.0 Å². The minimum absolute atomic E-state index is 0.601. The molecular weight excluding hydrogens is 188 g/mol. The second kappa shape index (κ2) is 3.79. The lowest BCUT2D eigenvalue weighted by molar-refractivity contribution is 0.0926. The van der Waals surface area contributed by atoms with Crippen LogP contribution in [-0.2, 0) is 5.60 Å². The van der Waals surface area contributed by atoms with E-state index in [-0.39, 0.29) is 0 Å². The van der Waals surface area contributed by atoms with Crippen LogP contribution in [0.1, 0.15) is 18.3 Å². The van der Waals surface area contributed by atoms with Crippen molar-refractivity contribution in [1.82, 2.24) is 9.97 Å². The number of nitrogens with zero attached hydrogens (tertiary/aromatic N) is 2. The first kappa shape index (κ1) is 9.80. The lowest BCUT2D eigenvalue weighted by Crippen LogP contribution is -2.25. The minimum atomic E-state index is -1.14. The number of aromatic nitrogens is 2. The van der Waals surface area contributed by atoms with Gasteiger partial charge in [0, 0.05) is 12.4 Å². The summed E-state index contributed by atoms with van der Waals surface area (Å²) in [6.07, 6.45) is 3.32. The Balaban J connectivity index is 2.44. The Morgan fingerprint density at radius 1 is 0.933 bits per heavy atom. The number of aliphatic hydroxyl groups is 1. The van der Waals surface area contributed by atoms with Crippen molar-refractivity contribution in [1.29, 1.82) is 0 Å². The Hall–Kier alpha value is -1.74. The lowest BCUT2D eigenvalue weighted by atomic mass is 9.97. The van der Waals surface area contributed by atoms with Crippen LogP contribution in [0.3, 0.4) is 0 Å². The zero-order valence-electron chi connectivity index (χ0n) is 8.46. The van der Waals surface area contributed by atoms with Gasteiger partial charge in [0.05, 0.1) is 11.4 Å². The highest BCUT2D eigenvalue weighted by Crippen LogP contribution is 2.24. The quantitative estimate of drug-likeness (QED) is 0.803. The molecule has 2 aromatic rings. The predicted molar refractivity (Wildman–Crippen MR) is 57.1 cm³/mol. The van der Waals surface area contributed by atoms with E-state index >= 15 is 0 Å². The van der Waals surface area contributed by atoms with E-state index in [4.69, 9.17) is 0 Å². The Bertz CT molecular complexity index is 384. The van der Waals surface area contributed by atoms with Crippen molar-refractivity contribution in [3.05, 3.63) is 60.2 Å². The van der Waals surface area contributed by atoms with Crippen LogP contribution >= 0.6 is 0 Å². The van der Waals surface area contributed by atoms with Gasteiger partial charge in [0.25, 0.3) is 0 Å². The second-order valence-electron chi connectivity index (χ2n) is 3.50. The van der Waals surface area contributed by atoms with E-state index in [9.17, 15) is 5.11 Å². The van der Waals surface area contributed by atoms with Crippen LogP contribution in [0, 0.1) is 0 Å². The first-order valence-corrected chi connectivity index (χ1v) is 4.76. The lowest BCUT2D eigenvalue weighted by Gasteiger charge is -2.21. The number of rotatable bonds is 2. The Labute approximate surface area is 88.5 Å². The van der Waals surface area contributed by atoms with Gasteiger partial charge in [0.1, 0.15) is 5.60 Å². The largest absolute Gasteiger partial charge is 0.377 e. The molecule has 0 spiro atoms. The summed E-state index contributed by atoms with van der Waals surface area (Å²) in [5.74, 6) is 0. The van der Waals surface area contributed by atoms with Gasteiger partial charge in [-0.2, -0.15) is 0 Å². The molecule has 0 radical (unpaired) electrons. The molecule has 0 amide bonds. The average molecular weight is 200 g/mol. The molecule has 0 aliphatic rings. The molecule has 0 aliphatic carbocycles. The molecule has 2 rings (SSSR count). The fourth-order valence-corrected chi connectivity index (χ4v) is 1.43. The molecular formula is C12H12N2O. The molecule has 76 valence electrons. The van der Waals surface area contributed by atoms with E-state index in [2.05, 4.69) is 9.97 Å². The van der Waals surface area contributed by atoms with Crippen LogP contribution in [0.15, 0.2) is 48.8 Å².